The van der Waals surface area contributed by atoms with Crippen molar-refractivity contribution in [3.63, 3.8) is 0 Å². The van der Waals surface area contributed by atoms with Crippen molar-refractivity contribution in [3.8, 4) is 5.75 Å². The van der Waals surface area contributed by atoms with Crippen molar-refractivity contribution in [2.75, 3.05) is 6.61 Å². The van der Waals surface area contributed by atoms with Crippen LogP contribution < -0.4 is 9.84 Å². The van der Waals surface area contributed by atoms with E-state index < -0.39 is 12.6 Å². The van der Waals surface area contributed by atoms with E-state index in [2.05, 4.69) is 0 Å². The molecular weight excluding hydrogens is 196 g/mol. The number of ether oxygens (including phenoxy) is 1. The fraction of sp³-hybridized carbons (Fsp3) is 0.273. The van der Waals surface area contributed by atoms with E-state index in [4.69, 9.17) is 4.74 Å². The number of carboxylic acids is 1. The molecule has 0 amide bonds. The number of hydrogen-bond donors (Lipinski definition) is 0. The van der Waals surface area contributed by atoms with Crippen molar-refractivity contribution < 1.29 is 19.4 Å². The molecule has 0 radical (unpaired) electrons. The van der Waals surface area contributed by atoms with Gasteiger partial charge in [-0.25, -0.2) is 0 Å². The normalized spacial score (nSPS) is 9.67. The van der Waals surface area contributed by atoms with Crippen molar-refractivity contribution in [1.29, 1.82) is 0 Å². The molecule has 0 bridgehead atoms. The molecule has 4 nitrogen and oxygen atoms in total. The van der Waals surface area contributed by atoms with E-state index >= 15 is 0 Å². The van der Waals surface area contributed by atoms with Gasteiger partial charge in [0, 0.05) is 12.0 Å². The van der Waals surface area contributed by atoms with Crippen LogP contribution in [0.2, 0.25) is 0 Å². The number of carbonyl (C=O) groups excluding carboxylic acids is 2. The summed E-state index contributed by atoms with van der Waals surface area (Å²) in [4.78, 5) is 21.1. The van der Waals surface area contributed by atoms with Crippen LogP contribution in [-0.2, 0) is 16.0 Å². The molecule has 0 aliphatic heterocycles. The van der Waals surface area contributed by atoms with Gasteiger partial charge in [0.05, 0.1) is 5.97 Å². The van der Waals surface area contributed by atoms with Crippen LogP contribution >= 0.6 is 0 Å². The number of carboxylic acid groups (broad SMARTS) is 1. The number of para-hydroxylation sites is 1. The van der Waals surface area contributed by atoms with Gasteiger partial charge >= 0.3 is 0 Å². The Morgan fingerprint density at radius 2 is 2.00 bits per heavy atom. The molecule has 0 heterocycles. The highest BCUT2D eigenvalue weighted by Gasteiger charge is 2.04. The zero-order chi connectivity index (χ0) is 11.3. The molecule has 0 saturated carbocycles. The minimum Gasteiger partial charge on any atom is -0.546 e. The Bertz CT molecular complexity index is 371. The third-order valence-corrected chi connectivity index (χ3v) is 1.76. The summed E-state index contributed by atoms with van der Waals surface area (Å²) in [5, 5.41) is 10.2. The molecule has 0 spiro atoms. The van der Waals surface area contributed by atoms with Gasteiger partial charge in [-0.3, -0.25) is 4.79 Å². The predicted molar refractivity (Wildman–Crippen MR) is 51.3 cm³/mol. The summed E-state index contributed by atoms with van der Waals surface area (Å²) in [5.41, 5.74) is 0.686. The molecule has 0 aliphatic rings. The van der Waals surface area contributed by atoms with Gasteiger partial charge in [-0.2, -0.15) is 0 Å². The van der Waals surface area contributed by atoms with Gasteiger partial charge < -0.3 is 14.6 Å². The third-order valence-electron chi connectivity index (χ3n) is 1.76. The van der Waals surface area contributed by atoms with E-state index in [0.29, 0.717) is 11.3 Å². The predicted octanol–water partition coefficient (Wildman–Crippen LogP) is -0.0532. The molecule has 0 aromatic heterocycles. The van der Waals surface area contributed by atoms with E-state index in [1.165, 1.54) is 6.92 Å². The van der Waals surface area contributed by atoms with Crippen LogP contribution in [0, 0.1) is 0 Å². The van der Waals surface area contributed by atoms with Crippen LogP contribution in [0.15, 0.2) is 24.3 Å². The molecule has 0 N–H and O–H groups in total. The summed E-state index contributed by atoms with van der Waals surface area (Å²) in [6.45, 7) is 0.963. The number of hydrogen-bond acceptors (Lipinski definition) is 4. The van der Waals surface area contributed by atoms with Gasteiger partial charge in [0.1, 0.15) is 18.1 Å². The van der Waals surface area contributed by atoms with Crippen LogP contribution in [0.25, 0.3) is 0 Å². The van der Waals surface area contributed by atoms with E-state index in [1.54, 1.807) is 24.3 Å². The minimum atomic E-state index is -1.28. The second-order valence-corrected chi connectivity index (χ2v) is 3.15. The quantitative estimate of drug-likeness (QED) is 0.678. The summed E-state index contributed by atoms with van der Waals surface area (Å²) in [7, 11) is 0. The smallest absolute Gasteiger partial charge is 0.134 e. The summed E-state index contributed by atoms with van der Waals surface area (Å²) in [5.74, 6) is -0.871. The highest BCUT2D eigenvalue weighted by molar-refractivity contribution is 5.79. The van der Waals surface area contributed by atoms with E-state index in [9.17, 15) is 14.7 Å². The molecule has 15 heavy (non-hydrogen) atoms. The topological polar surface area (TPSA) is 66.4 Å². The summed E-state index contributed by atoms with van der Waals surface area (Å²) < 4.78 is 4.99. The van der Waals surface area contributed by atoms with Crippen LogP contribution in [0.5, 0.6) is 5.75 Å². The Labute approximate surface area is 87.5 Å². The van der Waals surface area contributed by atoms with Gasteiger partial charge in [-0.1, -0.05) is 18.2 Å². The van der Waals surface area contributed by atoms with Crippen LogP contribution in [0.3, 0.4) is 0 Å². The van der Waals surface area contributed by atoms with Crippen molar-refractivity contribution in [2.24, 2.45) is 0 Å². The second-order valence-electron chi connectivity index (χ2n) is 3.15. The van der Waals surface area contributed by atoms with Crippen molar-refractivity contribution >= 4 is 11.8 Å². The number of aliphatic carboxylic acids is 1. The molecule has 4 heteroatoms. The third kappa shape index (κ3) is 3.81. The highest BCUT2D eigenvalue weighted by atomic mass is 16.5. The van der Waals surface area contributed by atoms with Crippen LogP contribution in [0.1, 0.15) is 12.5 Å². The van der Waals surface area contributed by atoms with Crippen LogP contribution in [-0.4, -0.2) is 18.4 Å². The van der Waals surface area contributed by atoms with Gasteiger partial charge in [0.15, 0.2) is 0 Å². The SMILES string of the molecule is CC(=O)Cc1ccccc1OCC(=O)[O-]. The lowest BCUT2D eigenvalue weighted by molar-refractivity contribution is -0.307. The monoisotopic (exact) mass is 207 g/mol. The number of rotatable bonds is 5. The molecule has 0 aliphatic carbocycles. The lowest BCUT2D eigenvalue weighted by atomic mass is 10.1. The Hall–Kier alpha value is -1.84. The molecule has 1 aromatic carbocycles. The first-order valence-corrected chi connectivity index (χ1v) is 4.49. The molecule has 0 fully saturated rings. The number of Topliss-reactive ketones (excluding diaryl/α,β-unsaturated/α-hetero) is 1. The largest absolute Gasteiger partial charge is 0.546 e. The molecule has 0 unspecified atom stereocenters. The lowest BCUT2D eigenvalue weighted by Crippen LogP contribution is -2.29. The van der Waals surface area contributed by atoms with Crippen molar-refractivity contribution in [2.45, 2.75) is 13.3 Å². The zero-order valence-corrected chi connectivity index (χ0v) is 8.36. The van der Waals surface area contributed by atoms with E-state index in [0.717, 1.165) is 0 Å². The van der Waals surface area contributed by atoms with Gasteiger partial charge in [0.2, 0.25) is 0 Å². The lowest BCUT2D eigenvalue weighted by Gasteiger charge is -2.10. The molecule has 80 valence electrons. The van der Waals surface area contributed by atoms with Gasteiger partial charge in [0.25, 0.3) is 0 Å². The Morgan fingerprint density at radius 3 is 2.60 bits per heavy atom. The molecule has 1 aromatic rings. The Balaban J connectivity index is 2.76. The maximum atomic E-state index is 10.9. The highest BCUT2D eigenvalue weighted by Crippen LogP contribution is 2.18. The molecule has 1 rings (SSSR count). The first kappa shape index (κ1) is 11.2. The second kappa shape index (κ2) is 5.14. The average molecular weight is 207 g/mol. The molecule has 0 saturated heterocycles. The molecular formula is C11H11O4-. The Morgan fingerprint density at radius 1 is 1.33 bits per heavy atom. The maximum Gasteiger partial charge on any atom is 0.134 e. The average Bonchev–Trinajstić information content (AvgIpc) is 2.15. The van der Waals surface area contributed by atoms with E-state index in [1.807, 2.05) is 0 Å². The van der Waals surface area contributed by atoms with Crippen LogP contribution in [0.4, 0.5) is 0 Å². The minimum absolute atomic E-state index is 0.000463. The maximum absolute atomic E-state index is 10.9. The standard InChI is InChI=1S/C11H12O4/c1-8(12)6-9-4-2-3-5-10(9)15-7-11(13)14/h2-5H,6-7H2,1H3,(H,13,14)/p-1. The number of benzene rings is 1. The fourth-order valence-corrected chi connectivity index (χ4v) is 1.20. The molecule has 0 atom stereocenters. The van der Waals surface area contributed by atoms with Crippen molar-refractivity contribution in [3.05, 3.63) is 29.8 Å². The summed E-state index contributed by atoms with van der Waals surface area (Å²) >= 11 is 0. The van der Waals surface area contributed by atoms with E-state index in [-0.39, 0.29) is 12.2 Å². The van der Waals surface area contributed by atoms with Gasteiger partial charge in [-0.05, 0) is 13.0 Å². The Kier molecular flexibility index (Phi) is 3.85. The summed E-state index contributed by atoms with van der Waals surface area (Å²) in [6, 6.07) is 6.84. The first-order chi connectivity index (χ1) is 7.09. The number of ketones is 1. The zero-order valence-electron chi connectivity index (χ0n) is 8.36. The fourth-order valence-electron chi connectivity index (χ4n) is 1.20. The summed E-state index contributed by atoms with van der Waals surface area (Å²) in [6.07, 6.45) is 0.239. The number of carbonyl (C=O) groups is 2. The first-order valence-electron chi connectivity index (χ1n) is 4.49. The van der Waals surface area contributed by atoms with Crippen molar-refractivity contribution in [1.82, 2.24) is 0 Å². The van der Waals surface area contributed by atoms with Gasteiger partial charge in [-0.15, -0.1) is 0 Å².